The van der Waals surface area contributed by atoms with Crippen LogP contribution in [0.4, 0.5) is 5.69 Å². The topological polar surface area (TPSA) is 64.3 Å². The first-order valence-electron chi connectivity index (χ1n) is 5.34. The molecular formula is C12H18N2O2. The zero-order valence-electron chi connectivity index (χ0n) is 9.91. The van der Waals surface area contributed by atoms with Crippen molar-refractivity contribution in [3.63, 3.8) is 0 Å². The van der Waals surface area contributed by atoms with Crippen LogP contribution in [0.5, 0.6) is 0 Å². The Kier molecular flexibility index (Phi) is 4.31. The van der Waals surface area contributed by atoms with Gasteiger partial charge in [-0.15, -0.1) is 0 Å². The molecule has 0 aliphatic carbocycles. The van der Waals surface area contributed by atoms with Crippen LogP contribution < -0.4 is 11.3 Å². The van der Waals surface area contributed by atoms with Gasteiger partial charge in [0.25, 0.3) is 0 Å². The summed E-state index contributed by atoms with van der Waals surface area (Å²) < 4.78 is 5.00. The lowest BCUT2D eigenvalue weighted by Crippen LogP contribution is -2.15. The maximum Gasteiger partial charge on any atom is 0.313 e. The minimum atomic E-state index is -0.270. The molecule has 1 rings (SSSR count). The number of esters is 1. The second-order valence-corrected chi connectivity index (χ2v) is 3.64. The zero-order chi connectivity index (χ0) is 12.1. The van der Waals surface area contributed by atoms with Gasteiger partial charge in [-0.25, -0.2) is 0 Å². The Labute approximate surface area is 95.8 Å². The lowest BCUT2D eigenvalue weighted by atomic mass is 9.95. The summed E-state index contributed by atoms with van der Waals surface area (Å²) in [4.78, 5) is 11.6. The van der Waals surface area contributed by atoms with Gasteiger partial charge >= 0.3 is 5.97 Å². The van der Waals surface area contributed by atoms with Gasteiger partial charge in [-0.3, -0.25) is 10.6 Å². The quantitative estimate of drug-likeness (QED) is 0.464. The molecule has 88 valence electrons. The summed E-state index contributed by atoms with van der Waals surface area (Å²) in [5, 5.41) is 0. The van der Waals surface area contributed by atoms with Crippen LogP contribution in [0, 0.1) is 6.92 Å². The van der Waals surface area contributed by atoms with Crippen LogP contribution in [-0.4, -0.2) is 12.6 Å². The fourth-order valence-electron chi connectivity index (χ4n) is 1.67. The van der Waals surface area contributed by atoms with E-state index in [1.54, 1.807) is 6.92 Å². The van der Waals surface area contributed by atoms with E-state index in [1.807, 2.05) is 32.0 Å². The molecule has 0 aliphatic rings. The molecule has 0 fully saturated rings. The van der Waals surface area contributed by atoms with Crippen LogP contribution >= 0.6 is 0 Å². The minimum Gasteiger partial charge on any atom is -0.466 e. The van der Waals surface area contributed by atoms with Gasteiger partial charge in [-0.1, -0.05) is 12.1 Å². The van der Waals surface area contributed by atoms with Crippen LogP contribution in [-0.2, 0) is 9.53 Å². The molecule has 0 spiro atoms. The van der Waals surface area contributed by atoms with E-state index in [-0.39, 0.29) is 11.9 Å². The van der Waals surface area contributed by atoms with Crippen molar-refractivity contribution in [2.24, 2.45) is 5.84 Å². The van der Waals surface area contributed by atoms with Crippen molar-refractivity contribution in [2.75, 3.05) is 12.0 Å². The highest BCUT2D eigenvalue weighted by molar-refractivity contribution is 5.79. The third-order valence-corrected chi connectivity index (χ3v) is 2.64. The smallest absolute Gasteiger partial charge is 0.313 e. The Hall–Kier alpha value is -1.55. The zero-order valence-corrected chi connectivity index (χ0v) is 9.91. The van der Waals surface area contributed by atoms with Crippen LogP contribution in [0.3, 0.4) is 0 Å². The number of nitrogen functional groups attached to an aromatic ring is 1. The number of hydrazine groups is 1. The van der Waals surface area contributed by atoms with Crippen LogP contribution in [0.2, 0.25) is 0 Å². The molecule has 0 bridgehead atoms. The normalized spacial score (nSPS) is 12.0. The van der Waals surface area contributed by atoms with Crippen LogP contribution in [0.15, 0.2) is 18.2 Å². The number of anilines is 1. The van der Waals surface area contributed by atoms with Gasteiger partial charge in [0, 0.05) is 0 Å². The molecule has 1 atom stereocenters. The van der Waals surface area contributed by atoms with E-state index in [0.29, 0.717) is 6.61 Å². The van der Waals surface area contributed by atoms with Crippen molar-refractivity contribution in [3.8, 4) is 0 Å². The SMILES string of the molecule is CCOC(=O)C(C)c1cccc(NN)c1C. The summed E-state index contributed by atoms with van der Waals surface area (Å²) in [5.41, 5.74) is 5.35. The summed E-state index contributed by atoms with van der Waals surface area (Å²) in [7, 11) is 0. The number of carbonyl (C=O) groups is 1. The molecule has 3 N–H and O–H groups in total. The molecule has 0 saturated carbocycles. The Balaban J connectivity index is 2.99. The molecule has 0 heterocycles. The molecule has 1 aromatic carbocycles. The van der Waals surface area contributed by atoms with Gasteiger partial charge < -0.3 is 10.2 Å². The highest BCUT2D eigenvalue weighted by Gasteiger charge is 2.19. The lowest BCUT2D eigenvalue weighted by Gasteiger charge is -2.15. The second-order valence-electron chi connectivity index (χ2n) is 3.64. The highest BCUT2D eigenvalue weighted by Crippen LogP contribution is 2.25. The molecule has 4 heteroatoms. The van der Waals surface area contributed by atoms with Gasteiger partial charge in [0.1, 0.15) is 0 Å². The number of hydrogen-bond acceptors (Lipinski definition) is 4. The Morgan fingerprint density at radius 2 is 2.25 bits per heavy atom. The Morgan fingerprint density at radius 1 is 1.56 bits per heavy atom. The van der Waals surface area contributed by atoms with Gasteiger partial charge in [0.2, 0.25) is 0 Å². The maximum absolute atomic E-state index is 11.6. The highest BCUT2D eigenvalue weighted by atomic mass is 16.5. The number of nitrogens with one attached hydrogen (secondary N) is 1. The second kappa shape index (κ2) is 5.51. The predicted molar refractivity (Wildman–Crippen MR) is 64.0 cm³/mol. The molecule has 0 radical (unpaired) electrons. The first-order chi connectivity index (χ1) is 7.61. The van der Waals surface area contributed by atoms with Crippen molar-refractivity contribution in [3.05, 3.63) is 29.3 Å². The van der Waals surface area contributed by atoms with Crippen LogP contribution in [0.25, 0.3) is 0 Å². The van der Waals surface area contributed by atoms with E-state index in [4.69, 9.17) is 10.6 Å². The fraction of sp³-hybridized carbons (Fsp3) is 0.417. The maximum atomic E-state index is 11.6. The monoisotopic (exact) mass is 222 g/mol. The van der Waals surface area contributed by atoms with E-state index >= 15 is 0 Å². The largest absolute Gasteiger partial charge is 0.466 e. The van der Waals surface area contributed by atoms with E-state index < -0.39 is 0 Å². The summed E-state index contributed by atoms with van der Waals surface area (Å²) in [6.45, 7) is 5.97. The summed E-state index contributed by atoms with van der Waals surface area (Å²) in [6.07, 6.45) is 0. The summed E-state index contributed by atoms with van der Waals surface area (Å²) in [6, 6.07) is 5.65. The van der Waals surface area contributed by atoms with Gasteiger partial charge in [-0.05, 0) is 38.0 Å². The van der Waals surface area contributed by atoms with Crippen molar-refractivity contribution < 1.29 is 9.53 Å². The van der Waals surface area contributed by atoms with Crippen molar-refractivity contribution >= 4 is 11.7 Å². The van der Waals surface area contributed by atoms with Crippen LogP contribution in [0.1, 0.15) is 30.9 Å². The number of carbonyl (C=O) groups excluding carboxylic acids is 1. The average Bonchev–Trinajstić information content (AvgIpc) is 2.29. The predicted octanol–water partition coefficient (Wildman–Crippen LogP) is 1.95. The van der Waals surface area contributed by atoms with Crippen molar-refractivity contribution in [1.29, 1.82) is 0 Å². The molecule has 16 heavy (non-hydrogen) atoms. The molecule has 4 nitrogen and oxygen atoms in total. The third kappa shape index (κ3) is 2.52. The number of nitrogens with two attached hydrogens (primary N) is 1. The van der Waals surface area contributed by atoms with Gasteiger partial charge in [-0.2, -0.15) is 0 Å². The first kappa shape index (κ1) is 12.5. The number of hydrogen-bond donors (Lipinski definition) is 2. The lowest BCUT2D eigenvalue weighted by molar-refractivity contribution is -0.144. The number of rotatable bonds is 4. The summed E-state index contributed by atoms with van der Waals surface area (Å²) >= 11 is 0. The van der Waals surface area contributed by atoms with Gasteiger partial charge in [0.15, 0.2) is 0 Å². The first-order valence-corrected chi connectivity index (χ1v) is 5.34. The third-order valence-electron chi connectivity index (χ3n) is 2.64. The van der Waals surface area contributed by atoms with E-state index in [2.05, 4.69) is 5.43 Å². The molecule has 1 unspecified atom stereocenters. The molecular weight excluding hydrogens is 204 g/mol. The van der Waals surface area contributed by atoms with Gasteiger partial charge in [0.05, 0.1) is 18.2 Å². The molecule has 0 saturated heterocycles. The Bertz CT molecular complexity index is 377. The fourth-order valence-corrected chi connectivity index (χ4v) is 1.67. The average molecular weight is 222 g/mol. The Morgan fingerprint density at radius 3 is 2.81 bits per heavy atom. The van der Waals surface area contributed by atoms with E-state index in [1.165, 1.54) is 0 Å². The standard InChI is InChI=1S/C12H18N2O2/c1-4-16-12(15)9(3)10-6-5-7-11(14-13)8(10)2/h5-7,9,14H,4,13H2,1-3H3. The molecule has 0 aliphatic heterocycles. The summed E-state index contributed by atoms with van der Waals surface area (Å²) in [5.74, 6) is 4.91. The minimum absolute atomic E-state index is 0.209. The molecule has 1 aromatic rings. The van der Waals surface area contributed by atoms with E-state index in [0.717, 1.165) is 16.8 Å². The van der Waals surface area contributed by atoms with Crippen molar-refractivity contribution in [1.82, 2.24) is 0 Å². The van der Waals surface area contributed by atoms with E-state index in [9.17, 15) is 4.79 Å². The van der Waals surface area contributed by atoms with Crippen molar-refractivity contribution in [2.45, 2.75) is 26.7 Å². The molecule has 0 aromatic heterocycles. The number of benzene rings is 1. The number of ether oxygens (including phenoxy) is 1. The molecule has 0 amide bonds.